The van der Waals surface area contributed by atoms with Crippen LogP contribution < -0.4 is 0 Å². The highest BCUT2D eigenvalue weighted by Gasteiger charge is 2.14. The van der Waals surface area contributed by atoms with Crippen molar-refractivity contribution in [1.82, 2.24) is 0 Å². The molecule has 0 bridgehead atoms. The van der Waals surface area contributed by atoms with Crippen LogP contribution >= 0.6 is 43.2 Å². The van der Waals surface area contributed by atoms with Gasteiger partial charge in [0.1, 0.15) is 0 Å². The van der Waals surface area contributed by atoms with Crippen LogP contribution in [-0.2, 0) is 6.42 Å². The Kier molecular flexibility index (Phi) is 4.98. The van der Waals surface area contributed by atoms with Gasteiger partial charge in [0, 0.05) is 14.2 Å². The van der Waals surface area contributed by atoms with E-state index in [1.165, 1.54) is 22.2 Å². The molecule has 0 nitrogen and oxygen atoms in total. The number of alkyl halides is 1. The number of hydrogen-bond donors (Lipinski definition) is 0. The smallest absolute Gasteiger partial charge is 0.0314 e. The predicted molar refractivity (Wildman–Crippen MR) is 67.9 cm³/mol. The summed E-state index contributed by atoms with van der Waals surface area (Å²) in [6, 6.07) is 2.13. The molecule has 13 heavy (non-hydrogen) atoms. The van der Waals surface area contributed by atoms with E-state index in [0.717, 1.165) is 0 Å². The first-order chi connectivity index (χ1) is 6.15. The zero-order valence-corrected chi connectivity index (χ0v) is 11.9. The summed E-state index contributed by atoms with van der Waals surface area (Å²) in [4.78, 5) is 2.10. The quantitative estimate of drug-likeness (QED) is 0.693. The van der Waals surface area contributed by atoms with Gasteiger partial charge in [-0.05, 0) is 46.1 Å². The minimum Gasteiger partial charge on any atom is -0.148 e. The number of rotatable bonds is 4. The van der Waals surface area contributed by atoms with Crippen molar-refractivity contribution in [2.75, 3.05) is 0 Å². The van der Waals surface area contributed by atoms with Crippen LogP contribution in [0.2, 0.25) is 0 Å². The topological polar surface area (TPSA) is 0 Å². The molecule has 74 valence electrons. The maximum absolute atomic E-state index is 3.70. The third-order valence-electron chi connectivity index (χ3n) is 2.21. The van der Waals surface area contributed by atoms with Gasteiger partial charge in [0.15, 0.2) is 0 Å². The molecular formula is C10H14Br2S. The van der Waals surface area contributed by atoms with Gasteiger partial charge in [-0.2, -0.15) is 0 Å². The maximum atomic E-state index is 3.70. The monoisotopic (exact) mass is 324 g/mol. The summed E-state index contributed by atoms with van der Waals surface area (Å²) in [5.74, 6) is 0.708. The van der Waals surface area contributed by atoms with Crippen LogP contribution in [0.3, 0.4) is 0 Å². The summed E-state index contributed by atoms with van der Waals surface area (Å²) in [6.07, 6.45) is 2.37. The average molecular weight is 326 g/mol. The molecule has 3 heteroatoms. The Morgan fingerprint density at radius 2 is 2.23 bits per heavy atom. The van der Waals surface area contributed by atoms with Crippen LogP contribution in [0.25, 0.3) is 0 Å². The van der Waals surface area contributed by atoms with E-state index in [4.69, 9.17) is 0 Å². The minimum atomic E-state index is 0.640. The number of halogens is 2. The molecule has 0 aromatic carbocycles. The van der Waals surface area contributed by atoms with Crippen LogP contribution in [0.15, 0.2) is 15.9 Å². The Labute approximate surface area is 101 Å². The Bertz CT molecular complexity index is 257. The SMILES string of the molecule is CCC(Br)C(C)Cc1sccc1Br. The third-order valence-corrected chi connectivity index (χ3v) is 5.70. The molecule has 0 saturated heterocycles. The Morgan fingerprint density at radius 3 is 2.69 bits per heavy atom. The summed E-state index contributed by atoms with van der Waals surface area (Å²) in [6.45, 7) is 4.52. The first-order valence-corrected chi connectivity index (χ1v) is 7.10. The Hall–Kier alpha value is 0.660. The van der Waals surface area contributed by atoms with E-state index in [2.05, 4.69) is 57.2 Å². The fraction of sp³-hybridized carbons (Fsp3) is 0.600. The Balaban J connectivity index is 2.54. The zero-order chi connectivity index (χ0) is 9.84. The molecule has 0 amide bonds. The highest BCUT2D eigenvalue weighted by atomic mass is 79.9. The molecule has 0 radical (unpaired) electrons. The van der Waals surface area contributed by atoms with Crippen LogP contribution in [0.5, 0.6) is 0 Å². The second kappa shape index (κ2) is 5.52. The second-order valence-electron chi connectivity index (χ2n) is 3.30. The first-order valence-electron chi connectivity index (χ1n) is 4.51. The van der Waals surface area contributed by atoms with Crippen molar-refractivity contribution in [3.05, 3.63) is 20.8 Å². The molecule has 2 atom stereocenters. The van der Waals surface area contributed by atoms with Gasteiger partial charge in [-0.25, -0.2) is 0 Å². The van der Waals surface area contributed by atoms with Crippen LogP contribution in [0.1, 0.15) is 25.1 Å². The third kappa shape index (κ3) is 3.37. The summed E-state index contributed by atoms with van der Waals surface area (Å²) in [5, 5.41) is 2.14. The summed E-state index contributed by atoms with van der Waals surface area (Å²) in [5.41, 5.74) is 0. The van der Waals surface area contributed by atoms with E-state index >= 15 is 0 Å². The summed E-state index contributed by atoms with van der Waals surface area (Å²) < 4.78 is 1.26. The molecule has 0 N–H and O–H groups in total. The zero-order valence-electron chi connectivity index (χ0n) is 7.89. The van der Waals surface area contributed by atoms with Gasteiger partial charge >= 0.3 is 0 Å². The van der Waals surface area contributed by atoms with Crippen molar-refractivity contribution in [2.24, 2.45) is 5.92 Å². The Morgan fingerprint density at radius 1 is 1.54 bits per heavy atom. The minimum absolute atomic E-state index is 0.640. The first kappa shape index (κ1) is 11.7. The van der Waals surface area contributed by atoms with E-state index in [1.807, 2.05) is 11.3 Å². The van der Waals surface area contributed by atoms with E-state index in [0.29, 0.717) is 10.7 Å². The van der Waals surface area contributed by atoms with E-state index in [9.17, 15) is 0 Å². The largest absolute Gasteiger partial charge is 0.148 e. The molecule has 0 saturated carbocycles. The standard InChI is InChI=1S/C10H14Br2S/c1-3-8(11)7(2)6-10-9(12)4-5-13-10/h4-5,7-8H,3,6H2,1-2H3. The molecule has 0 aliphatic rings. The molecule has 1 aromatic heterocycles. The fourth-order valence-electron chi connectivity index (χ4n) is 1.29. The highest BCUT2D eigenvalue weighted by Crippen LogP contribution is 2.28. The lowest BCUT2D eigenvalue weighted by molar-refractivity contribution is 0.549. The van der Waals surface area contributed by atoms with E-state index in [-0.39, 0.29) is 0 Å². The lowest BCUT2D eigenvalue weighted by Crippen LogP contribution is -2.11. The van der Waals surface area contributed by atoms with Crippen molar-refractivity contribution >= 4 is 43.2 Å². The molecule has 2 unspecified atom stereocenters. The lowest BCUT2D eigenvalue weighted by Gasteiger charge is -2.15. The molecule has 1 heterocycles. The van der Waals surface area contributed by atoms with E-state index in [1.54, 1.807) is 0 Å². The van der Waals surface area contributed by atoms with Crippen molar-refractivity contribution in [2.45, 2.75) is 31.5 Å². The van der Waals surface area contributed by atoms with Crippen LogP contribution in [0, 0.1) is 5.92 Å². The number of thiophene rings is 1. The number of hydrogen-bond acceptors (Lipinski definition) is 1. The molecular weight excluding hydrogens is 312 g/mol. The average Bonchev–Trinajstić information content (AvgIpc) is 2.50. The van der Waals surface area contributed by atoms with Gasteiger partial charge < -0.3 is 0 Å². The summed E-state index contributed by atoms with van der Waals surface area (Å²) >= 11 is 9.10. The van der Waals surface area contributed by atoms with Gasteiger partial charge in [0.25, 0.3) is 0 Å². The maximum Gasteiger partial charge on any atom is 0.0314 e. The van der Waals surface area contributed by atoms with Gasteiger partial charge in [-0.1, -0.05) is 29.8 Å². The highest BCUT2D eigenvalue weighted by molar-refractivity contribution is 9.10. The molecule has 0 aliphatic carbocycles. The predicted octanol–water partition coefficient (Wildman–Crippen LogP) is 4.86. The molecule has 1 rings (SSSR count). The van der Waals surface area contributed by atoms with Crippen molar-refractivity contribution in [3.63, 3.8) is 0 Å². The second-order valence-corrected chi connectivity index (χ2v) is 6.33. The molecule has 0 fully saturated rings. The van der Waals surface area contributed by atoms with Crippen molar-refractivity contribution in [1.29, 1.82) is 0 Å². The van der Waals surface area contributed by atoms with Gasteiger partial charge in [-0.3, -0.25) is 0 Å². The van der Waals surface area contributed by atoms with Crippen LogP contribution in [-0.4, -0.2) is 4.83 Å². The molecule has 0 aliphatic heterocycles. The van der Waals surface area contributed by atoms with Gasteiger partial charge in [0.2, 0.25) is 0 Å². The van der Waals surface area contributed by atoms with Crippen LogP contribution in [0.4, 0.5) is 0 Å². The van der Waals surface area contributed by atoms with Crippen molar-refractivity contribution in [3.8, 4) is 0 Å². The molecule has 1 aromatic rings. The lowest BCUT2D eigenvalue weighted by atomic mass is 10.0. The van der Waals surface area contributed by atoms with E-state index < -0.39 is 0 Å². The fourth-order valence-corrected chi connectivity index (χ4v) is 3.14. The normalized spacial score (nSPS) is 15.7. The van der Waals surface area contributed by atoms with Gasteiger partial charge in [0.05, 0.1) is 0 Å². The van der Waals surface area contributed by atoms with Gasteiger partial charge in [-0.15, -0.1) is 11.3 Å². The van der Waals surface area contributed by atoms with Crippen molar-refractivity contribution < 1.29 is 0 Å². The molecule has 0 spiro atoms. The summed E-state index contributed by atoms with van der Waals surface area (Å²) in [7, 11) is 0.